The lowest BCUT2D eigenvalue weighted by atomic mass is 10.1. The predicted molar refractivity (Wildman–Crippen MR) is 82.5 cm³/mol. The average molecular weight is 370 g/mol. The number of rotatable bonds is 3. The Hall–Kier alpha value is -1.50. The fraction of sp³-hybridized carbons (Fsp3) is 0. The highest BCUT2D eigenvalue weighted by atomic mass is 79.9. The zero-order valence-electron chi connectivity index (χ0n) is 9.81. The third-order valence-electron chi connectivity index (χ3n) is 2.89. The molecule has 7 heteroatoms. The number of aldehydes is 1. The molecule has 0 aliphatic rings. The number of hydrogen-bond acceptors (Lipinski definition) is 4. The minimum atomic E-state index is -0.614. The summed E-state index contributed by atoms with van der Waals surface area (Å²) in [4.78, 5) is 25.6. The van der Waals surface area contributed by atoms with Crippen LogP contribution in [-0.4, -0.2) is 21.4 Å². The molecule has 3 rings (SSSR count). The standard InChI is InChI=1S/C13H6BrClN2O2S/c14-7-4-10-6(3-8(7)15)12(9-1-2-20-17-9)13(16-10)11(19)5-18/h1-5,16H. The molecular weight excluding hydrogens is 364 g/mol. The number of ketones is 1. The minimum absolute atomic E-state index is 0.232. The number of carbonyl (C=O) groups is 2. The van der Waals surface area contributed by atoms with Gasteiger partial charge in [0.2, 0.25) is 5.78 Å². The molecular formula is C13H6BrClN2O2S. The maximum Gasteiger partial charge on any atom is 0.242 e. The van der Waals surface area contributed by atoms with Crippen LogP contribution in [0.4, 0.5) is 0 Å². The highest BCUT2D eigenvalue weighted by Gasteiger charge is 2.20. The summed E-state index contributed by atoms with van der Waals surface area (Å²) in [5.74, 6) is -0.614. The van der Waals surface area contributed by atoms with Crippen molar-refractivity contribution in [3.05, 3.63) is 38.8 Å². The first-order valence-electron chi connectivity index (χ1n) is 5.53. The molecule has 4 nitrogen and oxygen atoms in total. The lowest BCUT2D eigenvalue weighted by Gasteiger charge is -1.99. The Kier molecular flexibility index (Phi) is 3.45. The van der Waals surface area contributed by atoms with Crippen molar-refractivity contribution in [3.8, 4) is 11.3 Å². The van der Waals surface area contributed by atoms with E-state index < -0.39 is 5.78 Å². The zero-order chi connectivity index (χ0) is 14.3. The first-order chi connectivity index (χ1) is 9.61. The van der Waals surface area contributed by atoms with E-state index in [9.17, 15) is 9.59 Å². The van der Waals surface area contributed by atoms with Gasteiger partial charge in [-0.15, -0.1) is 0 Å². The monoisotopic (exact) mass is 368 g/mol. The Morgan fingerprint density at radius 1 is 1.45 bits per heavy atom. The van der Waals surface area contributed by atoms with Gasteiger partial charge in [0.25, 0.3) is 0 Å². The van der Waals surface area contributed by atoms with Gasteiger partial charge >= 0.3 is 0 Å². The van der Waals surface area contributed by atoms with Crippen molar-refractivity contribution in [2.24, 2.45) is 0 Å². The van der Waals surface area contributed by atoms with Crippen molar-refractivity contribution in [3.63, 3.8) is 0 Å². The molecule has 0 aliphatic carbocycles. The van der Waals surface area contributed by atoms with Crippen LogP contribution in [0.1, 0.15) is 10.5 Å². The smallest absolute Gasteiger partial charge is 0.242 e. The molecule has 0 unspecified atom stereocenters. The second-order valence-electron chi connectivity index (χ2n) is 4.05. The third-order valence-corrected chi connectivity index (χ3v) is 4.64. The van der Waals surface area contributed by atoms with Gasteiger partial charge in [-0.2, -0.15) is 4.37 Å². The van der Waals surface area contributed by atoms with Gasteiger partial charge in [0.1, 0.15) is 5.69 Å². The molecule has 0 atom stereocenters. The van der Waals surface area contributed by atoms with Crippen LogP contribution >= 0.6 is 39.1 Å². The Labute approximate surface area is 131 Å². The lowest BCUT2D eigenvalue weighted by molar-refractivity contribution is -0.104. The third kappa shape index (κ3) is 2.09. The second kappa shape index (κ2) is 5.12. The molecule has 0 saturated heterocycles. The SMILES string of the molecule is O=CC(=O)c1[nH]c2cc(Br)c(Cl)cc2c1-c1ccsn1. The van der Waals surface area contributed by atoms with Gasteiger partial charge in [-0.1, -0.05) is 11.6 Å². The topological polar surface area (TPSA) is 62.8 Å². The maximum absolute atomic E-state index is 11.8. The molecule has 1 aromatic carbocycles. The average Bonchev–Trinajstić information content (AvgIpc) is 3.05. The molecule has 2 heterocycles. The second-order valence-corrected chi connectivity index (χ2v) is 5.98. The van der Waals surface area contributed by atoms with E-state index in [-0.39, 0.29) is 12.0 Å². The summed E-state index contributed by atoms with van der Waals surface area (Å²) in [5.41, 5.74) is 2.20. The minimum Gasteiger partial charge on any atom is -0.351 e. The number of aromatic nitrogens is 2. The molecule has 1 N–H and O–H groups in total. The molecule has 0 spiro atoms. The first-order valence-corrected chi connectivity index (χ1v) is 7.53. The van der Waals surface area contributed by atoms with E-state index in [4.69, 9.17) is 11.6 Å². The van der Waals surface area contributed by atoms with Crippen LogP contribution in [0.15, 0.2) is 28.1 Å². The molecule has 0 bridgehead atoms. The van der Waals surface area contributed by atoms with Crippen molar-refractivity contribution in [1.82, 2.24) is 9.36 Å². The summed E-state index contributed by atoms with van der Waals surface area (Å²) < 4.78 is 4.95. The van der Waals surface area contributed by atoms with Gasteiger partial charge < -0.3 is 4.98 Å². The van der Waals surface area contributed by atoms with Gasteiger partial charge in [-0.25, -0.2) is 0 Å². The maximum atomic E-state index is 11.8. The summed E-state index contributed by atoms with van der Waals surface area (Å²) in [6.45, 7) is 0. The highest BCUT2D eigenvalue weighted by Crippen LogP contribution is 2.36. The summed E-state index contributed by atoms with van der Waals surface area (Å²) in [6, 6.07) is 5.31. The molecule has 0 saturated carbocycles. The first kappa shape index (κ1) is 13.5. The number of halogens is 2. The van der Waals surface area contributed by atoms with Gasteiger partial charge in [0.05, 0.1) is 10.7 Å². The summed E-state index contributed by atoms with van der Waals surface area (Å²) in [6.07, 6.45) is 0.289. The van der Waals surface area contributed by atoms with Crippen LogP contribution < -0.4 is 0 Å². The normalized spacial score (nSPS) is 10.9. The number of nitrogens with zero attached hydrogens (tertiary/aromatic N) is 1. The Morgan fingerprint density at radius 3 is 2.90 bits per heavy atom. The number of H-pyrrole nitrogens is 1. The van der Waals surface area contributed by atoms with Gasteiger partial charge in [0.15, 0.2) is 6.29 Å². The molecule has 20 heavy (non-hydrogen) atoms. The predicted octanol–water partition coefficient (Wildman–Crippen LogP) is 4.09. The van der Waals surface area contributed by atoms with Crippen molar-refractivity contribution >= 4 is 62.0 Å². The van der Waals surface area contributed by atoms with Crippen LogP contribution in [-0.2, 0) is 4.79 Å². The number of nitrogens with one attached hydrogen (secondary N) is 1. The summed E-state index contributed by atoms with van der Waals surface area (Å²) in [7, 11) is 0. The van der Waals surface area contributed by atoms with Crippen LogP contribution in [0.5, 0.6) is 0 Å². The van der Waals surface area contributed by atoms with Crippen molar-refractivity contribution in [2.75, 3.05) is 0 Å². The van der Waals surface area contributed by atoms with Gasteiger partial charge in [-0.3, -0.25) is 9.59 Å². The van der Waals surface area contributed by atoms with Crippen molar-refractivity contribution < 1.29 is 9.59 Å². The van der Waals surface area contributed by atoms with Crippen molar-refractivity contribution in [1.29, 1.82) is 0 Å². The van der Waals surface area contributed by atoms with E-state index in [2.05, 4.69) is 25.3 Å². The molecule has 0 fully saturated rings. The molecule has 3 aromatic rings. The largest absolute Gasteiger partial charge is 0.351 e. The quantitative estimate of drug-likeness (QED) is 0.430. The Balaban J connectivity index is 2.41. The fourth-order valence-electron chi connectivity index (χ4n) is 2.04. The van der Waals surface area contributed by atoms with E-state index in [1.54, 1.807) is 18.2 Å². The molecule has 2 aromatic heterocycles. The van der Waals surface area contributed by atoms with E-state index >= 15 is 0 Å². The number of Topliss-reactive ketones (excluding diaryl/α,β-unsaturated/α-hetero) is 1. The van der Waals surface area contributed by atoms with Crippen molar-refractivity contribution in [2.45, 2.75) is 0 Å². The van der Waals surface area contributed by atoms with E-state index in [1.165, 1.54) is 11.5 Å². The molecule has 0 radical (unpaired) electrons. The van der Waals surface area contributed by atoms with E-state index in [0.717, 1.165) is 10.9 Å². The van der Waals surface area contributed by atoms with Crippen LogP contribution in [0.2, 0.25) is 5.02 Å². The molecule has 0 aliphatic heterocycles. The van der Waals surface area contributed by atoms with Crippen LogP contribution in [0, 0.1) is 0 Å². The number of aromatic amines is 1. The van der Waals surface area contributed by atoms with Gasteiger partial charge in [0, 0.05) is 26.3 Å². The van der Waals surface area contributed by atoms with E-state index in [0.29, 0.717) is 20.8 Å². The molecule has 100 valence electrons. The zero-order valence-corrected chi connectivity index (χ0v) is 13.0. The Bertz CT molecular complexity index is 827. The van der Waals surface area contributed by atoms with Gasteiger partial charge in [-0.05, 0) is 45.7 Å². The summed E-state index contributed by atoms with van der Waals surface area (Å²) in [5, 5.41) is 3.09. The fourth-order valence-corrected chi connectivity index (χ4v) is 3.06. The van der Waals surface area contributed by atoms with Crippen LogP contribution in [0.3, 0.4) is 0 Å². The number of fused-ring (bicyclic) bond motifs is 1. The highest BCUT2D eigenvalue weighted by molar-refractivity contribution is 9.10. The van der Waals surface area contributed by atoms with E-state index in [1.807, 2.05) is 5.38 Å². The molecule has 0 amide bonds. The van der Waals surface area contributed by atoms with Crippen LogP contribution in [0.25, 0.3) is 22.2 Å². The Morgan fingerprint density at radius 2 is 2.25 bits per heavy atom. The number of carbonyl (C=O) groups excluding carboxylic acids is 2. The summed E-state index contributed by atoms with van der Waals surface area (Å²) >= 11 is 10.7. The lowest BCUT2D eigenvalue weighted by Crippen LogP contribution is -2.02. The number of benzene rings is 1. The number of hydrogen-bond donors (Lipinski definition) is 1.